The van der Waals surface area contributed by atoms with Crippen LogP contribution in [0.2, 0.25) is 0 Å². The number of hydrogen-bond acceptors (Lipinski definition) is 6. The number of hydrogen-bond donors (Lipinski definition) is 0. The molecule has 2 atom stereocenters. The quantitative estimate of drug-likeness (QED) is 0.774. The van der Waals surface area contributed by atoms with Crippen LogP contribution in [0.15, 0.2) is 21.5 Å². The summed E-state index contributed by atoms with van der Waals surface area (Å²) in [7, 11) is 2.72. The first-order valence-electron chi connectivity index (χ1n) is 7.80. The molecule has 1 aromatic heterocycles. The Balaban J connectivity index is 1.86. The van der Waals surface area contributed by atoms with Crippen LogP contribution in [-0.4, -0.2) is 44.1 Å². The monoisotopic (exact) mass is 335 g/mol. The van der Waals surface area contributed by atoms with Gasteiger partial charge in [0.1, 0.15) is 6.26 Å². The van der Waals surface area contributed by atoms with Gasteiger partial charge in [0.15, 0.2) is 5.76 Å². The van der Waals surface area contributed by atoms with Crippen molar-refractivity contribution in [1.29, 1.82) is 0 Å². The predicted octanol–water partition coefficient (Wildman–Crippen LogP) is 1.31. The van der Waals surface area contributed by atoms with E-state index in [4.69, 9.17) is 13.9 Å². The van der Waals surface area contributed by atoms with Crippen LogP contribution in [0.4, 0.5) is 0 Å². The van der Waals surface area contributed by atoms with Gasteiger partial charge in [-0.05, 0) is 17.8 Å². The molecule has 130 valence electrons. The lowest BCUT2D eigenvalue weighted by molar-refractivity contribution is -0.174. The zero-order valence-electron chi connectivity index (χ0n) is 14.3. The standard InChI is InChI=1S/C17H21NO6/c1-16(2)8-17(15(21)23-4)9-18(6-13(16)17)14(20)11-5-10(19)12(22-3)7-24-11/h5,7,13H,6,8-9H2,1-4H3/t13-,17+/m1/s1. The maximum Gasteiger partial charge on any atom is 0.314 e. The number of ether oxygens (including phenoxy) is 2. The zero-order valence-corrected chi connectivity index (χ0v) is 14.3. The SMILES string of the molecule is COC(=O)[C@@]12CN(C(=O)c3cc(=O)c(OC)co3)C[C@@H]1C(C)(C)C2. The summed E-state index contributed by atoms with van der Waals surface area (Å²) in [6, 6.07) is 1.12. The number of amides is 1. The second kappa shape index (κ2) is 5.36. The van der Waals surface area contributed by atoms with Gasteiger partial charge in [-0.2, -0.15) is 0 Å². The number of methoxy groups -OCH3 is 2. The molecule has 1 saturated carbocycles. The first-order chi connectivity index (χ1) is 11.2. The van der Waals surface area contributed by atoms with Crippen LogP contribution >= 0.6 is 0 Å². The Morgan fingerprint density at radius 1 is 1.33 bits per heavy atom. The Bertz CT molecular complexity index is 752. The van der Waals surface area contributed by atoms with Crippen LogP contribution < -0.4 is 10.2 Å². The van der Waals surface area contributed by atoms with E-state index in [2.05, 4.69) is 13.8 Å². The van der Waals surface area contributed by atoms with E-state index in [1.165, 1.54) is 14.2 Å². The molecule has 7 heteroatoms. The molecule has 0 bridgehead atoms. The highest BCUT2D eigenvalue weighted by molar-refractivity contribution is 5.93. The Kier molecular flexibility index (Phi) is 3.69. The number of nitrogens with zero attached hydrogens (tertiary/aromatic N) is 1. The summed E-state index contributed by atoms with van der Waals surface area (Å²) in [4.78, 5) is 38.4. The lowest BCUT2D eigenvalue weighted by atomic mass is 9.48. The van der Waals surface area contributed by atoms with Crippen molar-refractivity contribution in [3.63, 3.8) is 0 Å². The smallest absolute Gasteiger partial charge is 0.314 e. The van der Waals surface area contributed by atoms with Crippen LogP contribution in [0.3, 0.4) is 0 Å². The molecular formula is C17H21NO6. The van der Waals surface area contributed by atoms with E-state index in [0.29, 0.717) is 13.0 Å². The molecule has 24 heavy (non-hydrogen) atoms. The summed E-state index contributed by atoms with van der Waals surface area (Å²) in [5.74, 6) is -0.659. The number of carbonyl (C=O) groups is 2. The van der Waals surface area contributed by atoms with Gasteiger partial charge < -0.3 is 18.8 Å². The molecule has 2 heterocycles. The molecule has 0 N–H and O–H groups in total. The highest BCUT2D eigenvalue weighted by atomic mass is 16.5. The number of likely N-dealkylation sites (tertiary alicyclic amines) is 1. The summed E-state index contributed by atoms with van der Waals surface area (Å²) < 4.78 is 15.0. The summed E-state index contributed by atoms with van der Waals surface area (Å²) in [6.45, 7) is 4.89. The summed E-state index contributed by atoms with van der Waals surface area (Å²) in [5, 5.41) is 0. The van der Waals surface area contributed by atoms with Crippen molar-refractivity contribution >= 4 is 11.9 Å². The fourth-order valence-corrected chi connectivity index (χ4v) is 4.34. The molecule has 0 unspecified atom stereocenters. The van der Waals surface area contributed by atoms with Gasteiger partial charge in [0.05, 0.1) is 19.6 Å². The third-order valence-corrected chi connectivity index (χ3v) is 5.37. The molecule has 1 aliphatic heterocycles. The molecule has 0 spiro atoms. The minimum atomic E-state index is -0.652. The van der Waals surface area contributed by atoms with E-state index in [1.807, 2.05) is 0 Å². The van der Waals surface area contributed by atoms with Crippen molar-refractivity contribution in [1.82, 2.24) is 4.90 Å². The van der Waals surface area contributed by atoms with Gasteiger partial charge in [-0.25, -0.2) is 0 Å². The van der Waals surface area contributed by atoms with Crippen LogP contribution in [0.25, 0.3) is 0 Å². The minimum Gasteiger partial charge on any atom is -0.490 e. The molecular weight excluding hydrogens is 314 g/mol. The van der Waals surface area contributed by atoms with E-state index < -0.39 is 16.8 Å². The molecule has 1 aliphatic carbocycles. The van der Waals surface area contributed by atoms with Gasteiger partial charge in [0.25, 0.3) is 5.91 Å². The van der Waals surface area contributed by atoms with Crippen molar-refractivity contribution in [3.8, 4) is 5.75 Å². The van der Waals surface area contributed by atoms with Gasteiger partial charge in [0, 0.05) is 19.2 Å². The Labute approximate surface area is 139 Å². The number of carbonyl (C=O) groups excluding carboxylic acids is 2. The Morgan fingerprint density at radius 3 is 2.58 bits per heavy atom. The maximum atomic E-state index is 12.7. The van der Waals surface area contributed by atoms with Gasteiger partial charge >= 0.3 is 5.97 Å². The van der Waals surface area contributed by atoms with Crippen LogP contribution in [0.1, 0.15) is 30.8 Å². The Hall–Kier alpha value is -2.31. The van der Waals surface area contributed by atoms with E-state index in [0.717, 1.165) is 12.3 Å². The average Bonchev–Trinajstić information content (AvgIpc) is 2.89. The van der Waals surface area contributed by atoms with Crippen molar-refractivity contribution < 1.29 is 23.5 Å². The summed E-state index contributed by atoms with van der Waals surface area (Å²) in [5.41, 5.74) is -1.11. The molecule has 1 saturated heterocycles. The van der Waals surface area contributed by atoms with Gasteiger partial charge in [0.2, 0.25) is 11.2 Å². The minimum absolute atomic E-state index is 0.0337. The fourth-order valence-electron chi connectivity index (χ4n) is 4.34. The van der Waals surface area contributed by atoms with E-state index in [-0.39, 0.29) is 35.4 Å². The largest absolute Gasteiger partial charge is 0.490 e. The molecule has 7 nitrogen and oxygen atoms in total. The second-order valence-corrected chi connectivity index (χ2v) is 7.23. The number of rotatable bonds is 3. The van der Waals surface area contributed by atoms with Gasteiger partial charge in [-0.3, -0.25) is 14.4 Å². The maximum absolute atomic E-state index is 12.7. The average molecular weight is 335 g/mol. The lowest BCUT2D eigenvalue weighted by Gasteiger charge is -2.54. The lowest BCUT2D eigenvalue weighted by Crippen LogP contribution is -2.57. The second-order valence-electron chi connectivity index (χ2n) is 7.23. The molecule has 1 aromatic rings. The van der Waals surface area contributed by atoms with E-state index in [1.54, 1.807) is 4.90 Å². The first kappa shape index (κ1) is 16.5. The summed E-state index contributed by atoms with van der Waals surface area (Å²) in [6.07, 6.45) is 1.80. The molecule has 2 fully saturated rings. The van der Waals surface area contributed by atoms with Crippen molar-refractivity contribution in [2.24, 2.45) is 16.7 Å². The predicted molar refractivity (Wildman–Crippen MR) is 83.8 cm³/mol. The molecule has 3 rings (SSSR count). The summed E-state index contributed by atoms with van der Waals surface area (Å²) >= 11 is 0. The van der Waals surface area contributed by atoms with Gasteiger partial charge in [-0.15, -0.1) is 0 Å². The molecule has 0 aromatic carbocycles. The molecule has 0 radical (unpaired) electrons. The van der Waals surface area contributed by atoms with Crippen molar-refractivity contribution in [2.45, 2.75) is 20.3 Å². The fraction of sp³-hybridized carbons (Fsp3) is 0.588. The third-order valence-electron chi connectivity index (χ3n) is 5.37. The van der Waals surface area contributed by atoms with Crippen molar-refractivity contribution in [2.75, 3.05) is 27.3 Å². The van der Waals surface area contributed by atoms with E-state index in [9.17, 15) is 14.4 Å². The van der Waals surface area contributed by atoms with Gasteiger partial charge in [-0.1, -0.05) is 13.8 Å². The topological polar surface area (TPSA) is 86.0 Å². The van der Waals surface area contributed by atoms with Crippen molar-refractivity contribution in [3.05, 3.63) is 28.3 Å². The van der Waals surface area contributed by atoms with Crippen LogP contribution in [0, 0.1) is 16.7 Å². The highest BCUT2D eigenvalue weighted by Crippen LogP contribution is 2.63. The first-order valence-corrected chi connectivity index (χ1v) is 7.80. The number of esters is 1. The van der Waals surface area contributed by atoms with Crippen LogP contribution in [0.5, 0.6) is 5.75 Å². The molecule has 1 amide bonds. The molecule has 2 aliphatic rings. The van der Waals surface area contributed by atoms with E-state index >= 15 is 0 Å². The highest BCUT2D eigenvalue weighted by Gasteiger charge is 2.68. The normalized spacial score (nSPS) is 27.2. The third kappa shape index (κ3) is 2.22. The zero-order chi connectivity index (χ0) is 17.7. The Morgan fingerprint density at radius 2 is 2.04 bits per heavy atom. The van der Waals surface area contributed by atoms with Crippen LogP contribution in [-0.2, 0) is 9.53 Å². The number of fused-ring (bicyclic) bond motifs is 1.